The number of carbonyl (C=O) groups is 1. The van der Waals surface area contributed by atoms with Gasteiger partial charge in [-0.3, -0.25) is 4.79 Å². The number of amides is 1. The molecule has 21 heavy (non-hydrogen) atoms. The molecule has 0 fully saturated rings. The molecule has 0 aliphatic carbocycles. The Labute approximate surface area is 120 Å². The van der Waals surface area contributed by atoms with Crippen LogP contribution in [0, 0.1) is 27.7 Å². The third-order valence-electron chi connectivity index (χ3n) is 3.26. The maximum atomic E-state index is 12.6. The molecular weight excluding hydrogens is 272 g/mol. The minimum Gasteiger partial charge on any atom is -0.359 e. The molecule has 0 saturated heterocycles. The van der Waals surface area contributed by atoms with Crippen molar-refractivity contribution in [1.82, 2.24) is 15.3 Å². The molecule has 0 bridgehead atoms. The molecule has 0 radical (unpaired) electrons. The number of hydrogen-bond donors (Lipinski definition) is 1. The highest BCUT2D eigenvalue weighted by atomic mass is 16.5. The molecule has 0 atom stereocenters. The molecule has 0 unspecified atom stereocenters. The van der Waals surface area contributed by atoms with E-state index in [0.29, 0.717) is 45.2 Å². The predicted octanol–water partition coefficient (Wildman–Crippen LogP) is 2.70. The molecule has 0 saturated carbocycles. The average Bonchev–Trinajstić information content (AvgIpc) is 2.95. The van der Waals surface area contributed by atoms with E-state index in [9.17, 15) is 4.79 Å². The van der Waals surface area contributed by atoms with Gasteiger partial charge in [0.1, 0.15) is 11.4 Å². The van der Waals surface area contributed by atoms with Crippen LogP contribution in [-0.4, -0.2) is 21.2 Å². The van der Waals surface area contributed by atoms with E-state index in [4.69, 9.17) is 9.05 Å². The maximum absolute atomic E-state index is 12.6. The Bertz CT molecular complexity index is 828. The van der Waals surface area contributed by atoms with Crippen molar-refractivity contribution in [2.24, 2.45) is 0 Å². The lowest BCUT2D eigenvalue weighted by molar-refractivity contribution is 0.102. The molecule has 3 aromatic rings. The summed E-state index contributed by atoms with van der Waals surface area (Å²) in [6.07, 6.45) is 0. The van der Waals surface area contributed by atoms with E-state index < -0.39 is 0 Å². The van der Waals surface area contributed by atoms with Gasteiger partial charge in [-0.15, -0.1) is 0 Å². The van der Waals surface area contributed by atoms with E-state index in [1.807, 2.05) is 0 Å². The summed E-state index contributed by atoms with van der Waals surface area (Å²) in [5.41, 5.74) is 3.35. The van der Waals surface area contributed by atoms with Crippen LogP contribution in [0.15, 0.2) is 15.1 Å². The third kappa shape index (κ3) is 2.16. The summed E-state index contributed by atoms with van der Waals surface area (Å²) in [5, 5.41) is 11.1. The minimum atomic E-state index is -0.272. The Kier molecular flexibility index (Phi) is 2.97. The fourth-order valence-electron chi connectivity index (χ4n) is 2.24. The molecule has 3 heterocycles. The van der Waals surface area contributed by atoms with Gasteiger partial charge in [0.25, 0.3) is 11.6 Å². The van der Waals surface area contributed by atoms with Crippen LogP contribution in [0.5, 0.6) is 0 Å². The summed E-state index contributed by atoms with van der Waals surface area (Å²) >= 11 is 0. The maximum Gasteiger partial charge on any atom is 0.258 e. The summed E-state index contributed by atoms with van der Waals surface area (Å²) in [6.45, 7) is 7.08. The van der Waals surface area contributed by atoms with Crippen LogP contribution in [0.1, 0.15) is 33.2 Å². The van der Waals surface area contributed by atoms with Gasteiger partial charge in [-0.1, -0.05) is 10.3 Å². The number of hydrogen-bond acceptors (Lipinski definition) is 6. The SMILES string of the molecule is Cc1cc(C(=O)Nc2c(C)noc2C)c2c(C)noc2n1. The Morgan fingerprint density at radius 1 is 1.10 bits per heavy atom. The second-order valence-electron chi connectivity index (χ2n) is 4.91. The van der Waals surface area contributed by atoms with Crippen LogP contribution in [0.25, 0.3) is 11.1 Å². The van der Waals surface area contributed by atoms with Gasteiger partial charge in [0.15, 0.2) is 5.76 Å². The number of nitrogens with zero attached hydrogens (tertiary/aromatic N) is 3. The number of fused-ring (bicyclic) bond motifs is 1. The molecular formula is C14H14N4O3. The molecule has 7 nitrogen and oxygen atoms in total. The first-order valence-electron chi connectivity index (χ1n) is 6.45. The predicted molar refractivity (Wildman–Crippen MR) is 75.2 cm³/mol. The molecule has 108 valence electrons. The molecule has 7 heteroatoms. The van der Waals surface area contributed by atoms with Crippen molar-refractivity contribution in [2.75, 3.05) is 5.32 Å². The third-order valence-corrected chi connectivity index (χ3v) is 3.26. The van der Waals surface area contributed by atoms with Crippen molar-refractivity contribution < 1.29 is 13.8 Å². The van der Waals surface area contributed by atoms with Gasteiger partial charge >= 0.3 is 0 Å². The summed E-state index contributed by atoms with van der Waals surface area (Å²) in [6, 6.07) is 1.71. The molecule has 1 amide bonds. The standard InChI is InChI=1S/C14H14N4O3/c1-6-5-10(11-7(2)17-21-14(11)15-6)13(19)16-12-8(3)18-20-9(12)4/h5H,1-4H3,(H,16,19). The van der Waals surface area contributed by atoms with Gasteiger partial charge in [-0.05, 0) is 33.8 Å². The average molecular weight is 286 g/mol. The Morgan fingerprint density at radius 2 is 1.81 bits per heavy atom. The monoisotopic (exact) mass is 286 g/mol. The zero-order valence-electron chi connectivity index (χ0n) is 12.1. The fourth-order valence-corrected chi connectivity index (χ4v) is 2.24. The first kappa shape index (κ1) is 13.3. The Hall–Kier alpha value is -2.70. The highest BCUT2D eigenvalue weighted by molar-refractivity contribution is 6.12. The lowest BCUT2D eigenvalue weighted by atomic mass is 10.1. The summed E-state index contributed by atoms with van der Waals surface area (Å²) in [7, 11) is 0. The summed E-state index contributed by atoms with van der Waals surface area (Å²) < 4.78 is 10.2. The quantitative estimate of drug-likeness (QED) is 0.778. The smallest absolute Gasteiger partial charge is 0.258 e. The van der Waals surface area contributed by atoms with E-state index in [0.717, 1.165) is 0 Å². The normalized spacial score (nSPS) is 11.0. The van der Waals surface area contributed by atoms with Gasteiger partial charge in [0.05, 0.1) is 16.6 Å². The van der Waals surface area contributed by atoms with Crippen molar-refractivity contribution in [2.45, 2.75) is 27.7 Å². The number of anilines is 1. The number of pyridine rings is 1. The highest BCUT2D eigenvalue weighted by Crippen LogP contribution is 2.24. The molecule has 0 spiro atoms. The molecule has 0 aliphatic rings. The zero-order chi connectivity index (χ0) is 15.1. The van der Waals surface area contributed by atoms with Crippen LogP contribution in [0.2, 0.25) is 0 Å². The van der Waals surface area contributed by atoms with E-state index >= 15 is 0 Å². The summed E-state index contributed by atoms with van der Waals surface area (Å²) in [4.78, 5) is 16.8. The zero-order valence-corrected chi connectivity index (χ0v) is 12.1. The summed E-state index contributed by atoms with van der Waals surface area (Å²) in [5.74, 6) is 0.288. The van der Waals surface area contributed by atoms with Gasteiger partial charge in [-0.25, -0.2) is 4.98 Å². The molecule has 0 aliphatic heterocycles. The van der Waals surface area contributed by atoms with Crippen molar-refractivity contribution in [1.29, 1.82) is 0 Å². The van der Waals surface area contributed by atoms with Crippen LogP contribution >= 0.6 is 0 Å². The van der Waals surface area contributed by atoms with E-state index in [1.165, 1.54) is 0 Å². The van der Waals surface area contributed by atoms with Crippen LogP contribution in [-0.2, 0) is 0 Å². The second-order valence-corrected chi connectivity index (χ2v) is 4.91. The van der Waals surface area contributed by atoms with E-state index in [1.54, 1.807) is 33.8 Å². The first-order valence-corrected chi connectivity index (χ1v) is 6.45. The van der Waals surface area contributed by atoms with Crippen molar-refractivity contribution in [3.63, 3.8) is 0 Å². The molecule has 3 rings (SSSR count). The van der Waals surface area contributed by atoms with Crippen molar-refractivity contribution in [3.05, 3.63) is 34.5 Å². The van der Waals surface area contributed by atoms with Gasteiger partial charge in [0, 0.05) is 5.69 Å². The van der Waals surface area contributed by atoms with Crippen molar-refractivity contribution >= 4 is 22.7 Å². The largest absolute Gasteiger partial charge is 0.359 e. The van der Waals surface area contributed by atoms with Crippen LogP contribution in [0.3, 0.4) is 0 Å². The fraction of sp³-hybridized carbons (Fsp3) is 0.286. The topological polar surface area (TPSA) is 94.1 Å². The Balaban J connectivity index is 2.08. The lowest BCUT2D eigenvalue weighted by Crippen LogP contribution is -2.14. The second kappa shape index (κ2) is 4.69. The Morgan fingerprint density at radius 3 is 2.48 bits per heavy atom. The number of rotatable bonds is 2. The van der Waals surface area contributed by atoms with E-state index in [2.05, 4.69) is 20.6 Å². The number of carbonyl (C=O) groups excluding carboxylic acids is 1. The van der Waals surface area contributed by atoms with Gasteiger partial charge in [-0.2, -0.15) is 0 Å². The van der Waals surface area contributed by atoms with Crippen molar-refractivity contribution in [3.8, 4) is 0 Å². The number of aromatic nitrogens is 3. The van der Waals surface area contributed by atoms with Gasteiger partial charge in [0.2, 0.25) is 0 Å². The van der Waals surface area contributed by atoms with E-state index in [-0.39, 0.29) is 5.91 Å². The molecule has 1 N–H and O–H groups in total. The minimum absolute atomic E-state index is 0.272. The van der Waals surface area contributed by atoms with Crippen LogP contribution < -0.4 is 5.32 Å². The first-order chi connectivity index (χ1) is 9.97. The highest BCUT2D eigenvalue weighted by Gasteiger charge is 2.20. The number of aryl methyl sites for hydroxylation is 4. The van der Waals surface area contributed by atoms with Crippen LogP contribution in [0.4, 0.5) is 5.69 Å². The van der Waals surface area contributed by atoms with Gasteiger partial charge < -0.3 is 14.4 Å². The molecule has 0 aromatic carbocycles. The lowest BCUT2D eigenvalue weighted by Gasteiger charge is -2.06. The number of nitrogens with one attached hydrogen (secondary N) is 1. The molecule has 3 aromatic heterocycles.